The maximum Gasteiger partial charge on any atom is 0.252 e. The van der Waals surface area contributed by atoms with E-state index in [9.17, 15) is 4.79 Å². The van der Waals surface area contributed by atoms with Gasteiger partial charge in [-0.15, -0.1) is 0 Å². The van der Waals surface area contributed by atoms with Crippen molar-refractivity contribution in [2.45, 2.75) is 12.8 Å². The molecule has 1 aromatic carbocycles. The van der Waals surface area contributed by atoms with Crippen LogP contribution in [-0.4, -0.2) is 17.5 Å². The number of pyridine rings is 1. The molecule has 3 rings (SSSR count). The smallest absolute Gasteiger partial charge is 0.252 e. The molecular formula is C16H16ClN3O2. The number of halogens is 1. The number of rotatable bonds is 6. The summed E-state index contributed by atoms with van der Waals surface area (Å²) in [6.07, 6.45) is 3.81. The van der Waals surface area contributed by atoms with Crippen LogP contribution >= 0.6 is 11.6 Å². The summed E-state index contributed by atoms with van der Waals surface area (Å²) in [6, 6.07) is 9.12. The average Bonchev–Trinajstić information content (AvgIpc) is 3.30. The topological polar surface area (TPSA) is 77.2 Å². The minimum Gasteiger partial charge on any atom is -0.491 e. The van der Waals surface area contributed by atoms with Crippen LogP contribution in [0.1, 0.15) is 23.2 Å². The fourth-order valence-electron chi connectivity index (χ4n) is 2.06. The summed E-state index contributed by atoms with van der Waals surface area (Å²) >= 11 is 5.90. The van der Waals surface area contributed by atoms with E-state index >= 15 is 0 Å². The molecule has 0 aliphatic heterocycles. The molecule has 0 saturated heterocycles. The summed E-state index contributed by atoms with van der Waals surface area (Å²) in [5, 5.41) is 3.44. The van der Waals surface area contributed by atoms with Crippen molar-refractivity contribution in [1.29, 1.82) is 0 Å². The molecule has 1 aromatic heterocycles. The maximum atomic E-state index is 11.5. The number of nitrogens with two attached hydrogens (primary N) is 1. The molecule has 0 bridgehead atoms. The van der Waals surface area contributed by atoms with E-state index in [1.165, 1.54) is 19.0 Å². The van der Waals surface area contributed by atoms with Crippen LogP contribution in [0.5, 0.6) is 5.75 Å². The number of carbonyl (C=O) groups excluding carboxylic acids is 1. The van der Waals surface area contributed by atoms with Crippen molar-refractivity contribution in [3.8, 4) is 5.75 Å². The number of ether oxygens (including phenoxy) is 1. The van der Waals surface area contributed by atoms with Crippen molar-refractivity contribution in [1.82, 2.24) is 4.98 Å². The number of carbonyl (C=O) groups is 1. The highest BCUT2D eigenvalue weighted by molar-refractivity contribution is 6.29. The summed E-state index contributed by atoms with van der Waals surface area (Å²) in [5.74, 6) is 0.824. The molecule has 0 radical (unpaired) electrons. The van der Waals surface area contributed by atoms with Gasteiger partial charge in [0.2, 0.25) is 0 Å². The number of nitrogens with one attached hydrogen (secondary N) is 1. The first-order valence-electron chi connectivity index (χ1n) is 7.07. The highest BCUT2D eigenvalue weighted by Gasteiger charge is 2.22. The van der Waals surface area contributed by atoms with E-state index < -0.39 is 5.91 Å². The van der Waals surface area contributed by atoms with Crippen LogP contribution < -0.4 is 15.8 Å². The fraction of sp³-hybridized carbons (Fsp3) is 0.250. The highest BCUT2D eigenvalue weighted by atomic mass is 35.5. The third-order valence-electron chi connectivity index (χ3n) is 3.46. The largest absolute Gasteiger partial charge is 0.491 e. The Balaban J connectivity index is 1.86. The predicted octanol–water partition coefficient (Wildman–Crippen LogP) is 3.37. The number of amides is 1. The van der Waals surface area contributed by atoms with E-state index in [-0.39, 0.29) is 10.7 Å². The van der Waals surface area contributed by atoms with E-state index in [1.54, 1.807) is 6.07 Å². The number of para-hydroxylation sites is 2. The predicted molar refractivity (Wildman–Crippen MR) is 85.7 cm³/mol. The maximum absolute atomic E-state index is 11.5. The number of primary amides is 1. The number of anilines is 2. The zero-order valence-electron chi connectivity index (χ0n) is 11.9. The Morgan fingerprint density at radius 1 is 1.36 bits per heavy atom. The normalized spacial score (nSPS) is 13.7. The molecule has 1 amide bonds. The van der Waals surface area contributed by atoms with Crippen LogP contribution in [0.4, 0.5) is 11.4 Å². The summed E-state index contributed by atoms with van der Waals surface area (Å²) in [7, 11) is 0. The standard InChI is InChI=1S/C16H16ClN3O2/c17-15-7-13(11(8-19-15)16(18)21)20-12-3-1-2-4-14(12)22-9-10-5-6-10/h1-4,7-8,10H,5-6,9H2,(H2,18,21)(H,19,20). The summed E-state index contributed by atoms with van der Waals surface area (Å²) in [5.41, 5.74) is 6.92. The van der Waals surface area contributed by atoms with Gasteiger partial charge in [-0.25, -0.2) is 4.98 Å². The first-order valence-corrected chi connectivity index (χ1v) is 7.45. The van der Waals surface area contributed by atoms with Gasteiger partial charge in [0, 0.05) is 6.20 Å². The van der Waals surface area contributed by atoms with E-state index in [1.807, 2.05) is 24.3 Å². The van der Waals surface area contributed by atoms with Gasteiger partial charge in [0.1, 0.15) is 10.9 Å². The third kappa shape index (κ3) is 3.49. The molecule has 1 aliphatic rings. The van der Waals surface area contributed by atoms with Gasteiger partial charge in [0.05, 0.1) is 23.5 Å². The van der Waals surface area contributed by atoms with Crippen molar-refractivity contribution in [2.75, 3.05) is 11.9 Å². The van der Waals surface area contributed by atoms with Crippen LogP contribution in [0.15, 0.2) is 36.5 Å². The lowest BCUT2D eigenvalue weighted by Gasteiger charge is -2.14. The summed E-state index contributed by atoms with van der Waals surface area (Å²) in [6.45, 7) is 0.707. The minimum atomic E-state index is -0.567. The molecule has 6 heteroatoms. The molecule has 0 unspecified atom stereocenters. The molecule has 5 nitrogen and oxygen atoms in total. The van der Waals surface area contributed by atoms with E-state index in [4.69, 9.17) is 22.1 Å². The second-order valence-corrected chi connectivity index (χ2v) is 5.68. The van der Waals surface area contributed by atoms with Gasteiger partial charge in [-0.05, 0) is 37.0 Å². The van der Waals surface area contributed by atoms with Gasteiger partial charge in [0.15, 0.2) is 0 Å². The molecule has 1 heterocycles. The minimum absolute atomic E-state index is 0.279. The number of aromatic nitrogens is 1. The van der Waals surface area contributed by atoms with Crippen LogP contribution in [0.2, 0.25) is 5.15 Å². The second-order valence-electron chi connectivity index (χ2n) is 5.29. The van der Waals surface area contributed by atoms with E-state index in [2.05, 4.69) is 10.3 Å². The van der Waals surface area contributed by atoms with E-state index in [0.29, 0.717) is 18.2 Å². The molecule has 22 heavy (non-hydrogen) atoms. The molecule has 1 aliphatic carbocycles. The lowest BCUT2D eigenvalue weighted by atomic mass is 10.2. The first-order chi connectivity index (χ1) is 10.6. The van der Waals surface area contributed by atoms with Crippen LogP contribution in [0, 0.1) is 5.92 Å². The lowest BCUT2D eigenvalue weighted by Crippen LogP contribution is -2.14. The number of hydrogen-bond donors (Lipinski definition) is 2. The first kappa shape index (κ1) is 14.7. The fourth-order valence-corrected chi connectivity index (χ4v) is 2.22. The highest BCUT2D eigenvalue weighted by Crippen LogP contribution is 2.33. The SMILES string of the molecule is NC(=O)c1cnc(Cl)cc1Nc1ccccc1OCC1CC1. The van der Waals surface area contributed by atoms with Crippen molar-refractivity contribution < 1.29 is 9.53 Å². The van der Waals surface area contributed by atoms with Gasteiger partial charge in [-0.1, -0.05) is 23.7 Å². The lowest BCUT2D eigenvalue weighted by molar-refractivity contribution is 0.100. The molecule has 1 fully saturated rings. The van der Waals surface area contributed by atoms with Gasteiger partial charge in [-0.2, -0.15) is 0 Å². The third-order valence-corrected chi connectivity index (χ3v) is 3.67. The Hall–Kier alpha value is -2.27. The number of nitrogens with zero attached hydrogens (tertiary/aromatic N) is 1. The quantitative estimate of drug-likeness (QED) is 0.801. The van der Waals surface area contributed by atoms with E-state index in [0.717, 1.165) is 11.4 Å². The van der Waals surface area contributed by atoms with Crippen molar-refractivity contribution >= 4 is 28.9 Å². The average molecular weight is 318 g/mol. The Labute approximate surface area is 133 Å². The van der Waals surface area contributed by atoms with Gasteiger partial charge in [0.25, 0.3) is 5.91 Å². The zero-order valence-corrected chi connectivity index (χ0v) is 12.6. The number of benzene rings is 1. The number of hydrogen-bond acceptors (Lipinski definition) is 4. The Morgan fingerprint density at radius 2 is 2.14 bits per heavy atom. The van der Waals surface area contributed by atoms with Crippen molar-refractivity contribution in [3.63, 3.8) is 0 Å². The van der Waals surface area contributed by atoms with Gasteiger partial charge in [-0.3, -0.25) is 4.79 Å². The molecule has 2 aromatic rings. The molecule has 1 saturated carbocycles. The molecule has 114 valence electrons. The molecule has 0 atom stereocenters. The van der Waals surface area contributed by atoms with Crippen LogP contribution in [-0.2, 0) is 0 Å². The summed E-state index contributed by atoms with van der Waals surface area (Å²) < 4.78 is 5.84. The Kier molecular flexibility index (Phi) is 4.15. The molecular weight excluding hydrogens is 302 g/mol. The Morgan fingerprint density at radius 3 is 2.86 bits per heavy atom. The Bertz CT molecular complexity index is 702. The van der Waals surface area contributed by atoms with Crippen LogP contribution in [0.25, 0.3) is 0 Å². The van der Waals surface area contributed by atoms with Crippen molar-refractivity contribution in [2.24, 2.45) is 11.7 Å². The molecule has 0 spiro atoms. The van der Waals surface area contributed by atoms with Gasteiger partial charge < -0.3 is 15.8 Å². The molecule has 3 N–H and O–H groups in total. The van der Waals surface area contributed by atoms with Crippen molar-refractivity contribution in [3.05, 3.63) is 47.2 Å². The van der Waals surface area contributed by atoms with Gasteiger partial charge >= 0.3 is 0 Å². The van der Waals surface area contributed by atoms with Crippen LogP contribution in [0.3, 0.4) is 0 Å². The monoisotopic (exact) mass is 317 g/mol. The summed E-state index contributed by atoms with van der Waals surface area (Å²) in [4.78, 5) is 15.4. The zero-order chi connectivity index (χ0) is 15.5. The second kappa shape index (κ2) is 6.23.